The molecular formula is C7H18N2O. The standard InChI is InChI=1S/C4H9NO.C3H9N/c1-3-5-4(2)6;1-2-3-4/h3H2,1-2H3,(H,5,6);2-4H2,1H3. The maximum Gasteiger partial charge on any atom is 0.216 e. The molecule has 3 heteroatoms. The Kier molecular flexibility index (Phi) is 13.7. The highest BCUT2D eigenvalue weighted by molar-refractivity contribution is 5.72. The van der Waals surface area contributed by atoms with Crippen LogP contribution in [0.25, 0.3) is 0 Å². The third kappa shape index (κ3) is 26.1. The zero-order valence-electron chi connectivity index (χ0n) is 7.11. The number of hydrogen-bond acceptors (Lipinski definition) is 2. The van der Waals surface area contributed by atoms with Gasteiger partial charge in [-0.1, -0.05) is 6.92 Å². The summed E-state index contributed by atoms with van der Waals surface area (Å²) in [6.07, 6.45) is 1.10. The molecule has 0 aromatic carbocycles. The molecular weight excluding hydrogens is 128 g/mol. The van der Waals surface area contributed by atoms with Crippen molar-refractivity contribution in [3.63, 3.8) is 0 Å². The summed E-state index contributed by atoms with van der Waals surface area (Å²) in [5.41, 5.74) is 5.03. The summed E-state index contributed by atoms with van der Waals surface area (Å²) < 4.78 is 0. The van der Waals surface area contributed by atoms with Gasteiger partial charge in [-0.3, -0.25) is 4.79 Å². The van der Waals surface area contributed by atoms with Crippen molar-refractivity contribution < 1.29 is 4.79 Å². The monoisotopic (exact) mass is 146 g/mol. The zero-order chi connectivity index (χ0) is 8.41. The van der Waals surface area contributed by atoms with E-state index in [4.69, 9.17) is 5.73 Å². The number of hydrogen-bond donors (Lipinski definition) is 2. The Bertz CT molecular complexity index is 72.0. The van der Waals surface area contributed by atoms with Gasteiger partial charge in [0.25, 0.3) is 0 Å². The van der Waals surface area contributed by atoms with Gasteiger partial charge in [0.2, 0.25) is 5.91 Å². The molecule has 1 amide bonds. The second-order valence-electron chi connectivity index (χ2n) is 1.88. The molecule has 0 fully saturated rings. The largest absolute Gasteiger partial charge is 0.357 e. The van der Waals surface area contributed by atoms with Gasteiger partial charge in [0.15, 0.2) is 0 Å². The first kappa shape index (κ1) is 12.1. The van der Waals surface area contributed by atoms with E-state index in [1.807, 2.05) is 6.92 Å². The fraction of sp³-hybridized carbons (Fsp3) is 0.857. The minimum absolute atomic E-state index is 0.0394. The van der Waals surface area contributed by atoms with E-state index in [0.717, 1.165) is 19.5 Å². The van der Waals surface area contributed by atoms with Crippen molar-refractivity contribution in [1.29, 1.82) is 0 Å². The Morgan fingerprint density at radius 2 is 1.90 bits per heavy atom. The lowest BCUT2D eigenvalue weighted by Gasteiger charge is -1.88. The van der Waals surface area contributed by atoms with Gasteiger partial charge < -0.3 is 11.1 Å². The fourth-order valence-electron chi connectivity index (χ4n) is 0.249. The summed E-state index contributed by atoms with van der Waals surface area (Å²) in [5.74, 6) is 0.0394. The van der Waals surface area contributed by atoms with E-state index in [1.54, 1.807) is 0 Å². The summed E-state index contributed by atoms with van der Waals surface area (Å²) in [5, 5.41) is 2.57. The molecule has 62 valence electrons. The summed E-state index contributed by atoms with van der Waals surface area (Å²) in [4.78, 5) is 9.93. The third-order valence-corrected chi connectivity index (χ3v) is 0.714. The van der Waals surface area contributed by atoms with Crippen LogP contribution in [0, 0.1) is 0 Å². The van der Waals surface area contributed by atoms with Gasteiger partial charge in [-0.05, 0) is 19.9 Å². The van der Waals surface area contributed by atoms with Crippen LogP contribution in [0.5, 0.6) is 0 Å². The number of nitrogens with one attached hydrogen (secondary N) is 1. The van der Waals surface area contributed by atoms with E-state index < -0.39 is 0 Å². The molecule has 0 saturated heterocycles. The van der Waals surface area contributed by atoms with Crippen LogP contribution in [-0.4, -0.2) is 19.0 Å². The molecule has 0 radical (unpaired) electrons. The second-order valence-corrected chi connectivity index (χ2v) is 1.88. The first-order chi connectivity index (χ1) is 4.68. The quantitative estimate of drug-likeness (QED) is 0.596. The highest BCUT2D eigenvalue weighted by Crippen LogP contribution is 1.57. The van der Waals surface area contributed by atoms with E-state index in [-0.39, 0.29) is 5.91 Å². The van der Waals surface area contributed by atoms with Gasteiger partial charge in [-0.2, -0.15) is 0 Å². The van der Waals surface area contributed by atoms with Gasteiger partial charge in [-0.25, -0.2) is 0 Å². The lowest BCUT2D eigenvalue weighted by atomic mass is 10.5. The van der Waals surface area contributed by atoms with E-state index in [2.05, 4.69) is 12.2 Å². The Balaban J connectivity index is 0. The number of amides is 1. The van der Waals surface area contributed by atoms with Crippen molar-refractivity contribution in [2.45, 2.75) is 27.2 Å². The first-order valence-corrected chi connectivity index (χ1v) is 3.63. The number of nitrogens with two attached hydrogens (primary N) is 1. The Labute approximate surface area is 63.0 Å². The molecule has 0 aliphatic heterocycles. The lowest BCUT2D eigenvalue weighted by Crippen LogP contribution is -2.18. The van der Waals surface area contributed by atoms with Crippen molar-refractivity contribution in [2.24, 2.45) is 5.73 Å². The predicted octanol–water partition coefficient (Wildman–Crippen LogP) is 0.497. The molecule has 0 unspecified atom stereocenters. The van der Waals surface area contributed by atoms with Crippen LogP contribution in [0.4, 0.5) is 0 Å². The summed E-state index contributed by atoms with van der Waals surface area (Å²) in [7, 11) is 0. The van der Waals surface area contributed by atoms with Crippen molar-refractivity contribution >= 4 is 5.91 Å². The molecule has 0 spiro atoms. The van der Waals surface area contributed by atoms with E-state index in [1.165, 1.54) is 6.92 Å². The lowest BCUT2D eigenvalue weighted by molar-refractivity contribution is -0.118. The van der Waals surface area contributed by atoms with E-state index in [0.29, 0.717) is 0 Å². The molecule has 0 aliphatic carbocycles. The highest BCUT2D eigenvalue weighted by atomic mass is 16.1. The summed E-state index contributed by atoms with van der Waals surface area (Å²) >= 11 is 0. The smallest absolute Gasteiger partial charge is 0.216 e. The highest BCUT2D eigenvalue weighted by Gasteiger charge is 1.78. The van der Waals surface area contributed by atoms with Crippen LogP contribution in [0.2, 0.25) is 0 Å². The van der Waals surface area contributed by atoms with Gasteiger partial charge >= 0.3 is 0 Å². The molecule has 3 N–H and O–H groups in total. The van der Waals surface area contributed by atoms with Crippen LogP contribution in [0.1, 0.15) is 27.2 Å². The topological polar surface area (TPSA) is 55.1 Å². The maximum absolute atomic E-state index is 9.93. The minimum Gasteiger partial charge on any atom is -0.357 e. The van der Waals surface area contributed by atoms with Gasteiger partial charge in [0, 0.05) is 13.5 Å². The third-order valence-electron chi connectivity index (χ3n) is 0.714. The molecule has 0 saturated carbocycles. The fourth-order valence-corrected chi connectivity index (χ4v) is 0.249. The molecule has 0 aromatic heterocycles. The number of carbonyl (C=O) groups excluding carboxylic acids is 1. The van der Waals surface area contributed by atoms with Crippen LogP contribution in [0.15, 0.2) is 0 Å². The van der Waals surface area contributed by atoms with Crippen LogP contribution >= 0.6 is 0 Å². The Hall–Kier alpha value is -0.570. The molecule has 0 aromatic rings. The molecule has 0 bridgehead atoms. The predicted molar refractivity (Wildman–Crippen MR) is 43.7 cm³/mol. The number of rotatable bonds is 2. The first-order valence-electron chi connectivity index (χ1n) is 3.63. The van der Waals surface area contributed by atoms with Crippen molar-refractivity contribution in [2.75, 3.05) is 13.1 Å². The number of carbonyl (C=O) groups is 1. The van der Waals surface area contributed by atoms with Crippen molar-refractivity contribution in [3.8, 4) is 0 Å². The zero-order valence-corrected chi connectivity index (χ0v) is 7.11. The normalized spacial score (nSPS) is 7.60. The van der Waals surface area contributed by atoms with E-state index in [9.17, 15) is 4.79 Å². The molecule has 10 heavy (non-hydrogen) atoms. The molecule has 0 aliphatic rings. The van der Waals surface area contributed by atoms with Crippen molar-refractivity contribution in [3.05, 3.63) is 0 Å². The van der Waals surface area contributed by atoms with Crippen LogP contribution < -0.4 is 11.1 Å². The van der Waals surface area contributed by atoms with Crippen LogP contribution in [0.3, 0.4) is 0 Å². The molecule has 0 atom stereocenters. The van der Waals surface area contributed by atoms with Gasteiger partial charge in [0.1, 0.15) is 0 Å². The average Bonchev–Trinajstić information content (AvgIpc) is 1.89. The summed E-state index contributed by atoms with van der Waals surface area (Å²) in [6, 6.07) is 0. The molecule has 3 nitrogen and oxygen atoms in total. The van der Waals surface area contributed by atoms with Crippen LogP contribution in [-0.2, 0) is 4.79 Å². The molecule has 0 heterocycles. The summed E-state index contributed by atoms with van der Waals surface area (Å²) in [6.45, 7) is 7.00. The SMILES string of the molecule is CCCN.CCNC(C)=O. The maximum atomic E-state index is 9.93. The second kappa shape index (κ2) is 11.3. The van der Waals surface area contributed by atoms with E-state index >= 15 is 0 Å². The minimum atomic E-state index is 0.0394. The van der Waals surface area contributed by atoms with Gasteiger partial charge in [0.05, 0.1) is 0 Å². The van der Waals surface area contributed by atoms with Gasteiger partial charge in [-0.15, -0.1) is 0 Å². The van der Waals surface area contributed by atoms with Crippen molar-refractivity contribution in [1.82, 2.24) is 5.32 Å². The Morgan fingerprint density at radius 3 is 1.90 bits per heavy atom. The molecule has 0 rings (SSSR count). The Morgan fingerprint density at radius 1 is 1.50 bits per heavy atom. The average molecular weight is 146 g/mol.